The van der Waals surface area contributed by atoms with Gasteiger partial charge in [0.2, 0.25) is 0 Å². The predicted octanol–water partition coefficient (Wildman–Crippen LogP) is 2.93. The molecule has 5 heteroatoms. The van der Waals surface area contributed by atoms with E-state index in [0.717, 1.165) is 9.37 Å². The van der Waals surface area contributed by atoms with Gasteiger partial charge in [0.05, 0.1) is 17.9 Å². The Bertz CT molecular complexity index is 382. The second-order valence-corrected chi connectivity index (χ2v) is 4.52. The molecule has 1 aromatic rings. The highest BCUT2D eigenvalue weighted by molar-refractivity contribution is 9.10. The minimum Gasteiger partial charge on any atom is -0.462 e. The molecule has 0 unspecified atom stereocenters. The predicted molar refractivity (Wildman–Crippen MR) is 66.3 cm³/mol. The van der Waals surface area contributed by atoms with E-state index in [4.69, 9.17) is 10.5 Å². The third kappa shape index (κ3) is 2.89. The van der Waals surface area contributed by atoms with E-state index < -0.39 is 0 Å². The number of carbonyl (C=O) groups excluding carboxylic acids is 1. The molecule has 1 rings (SSSR count). The lowest BCUT2D eigenvalue weighted by atomic mass is 10.2. The number of benzene rings is 1. The lowest BCUT2D eigenvalue weighted by molar-refractivity contribution is 0.0527. The third-order valence-electron chi connectivity index (χ3n) is 1.83. The second kappa shape index (κ2) is 5.42. The fraction of sp³-hybridized carbons (Fsp3) is 0.300. The number of nitrogens with two attached hydrogens (primary N) is 1. The summed E-state index contributed by atoms with van der Waals surface area (Å²) in [7, 11) is 0. The van der Waals surface area contributed by atoms with Crippen LogP contribution in [0, 0.1) is 0 Å². The van der Waals surface area contributed by atoms with Gasteiger partial charge in [-0.2, -0.15) is 0 Å². The molecular weight excluding hydrogens is 278 g/mol. The van der Waals surface area contributed by atoms with E-state index in [-0.39, 0.29) is 5.97 Å². The number of thioether (sulfide) groups is 1. The zero-order chi connectivity index (χ0) is 11.4. The Balaban J connectivity index is 3.15. The first-order valence-electron chi connectivity index (χ1n) is 4.40. The van der Waals surface area contributed by atoms with Crippen molar-refractivity contribution >= 4 is 39.3 Å². The molecule has 0 aliphatic carbocycles. The van der Waals surface area contributed by atoms with E-state index in [9.17, 15) is 4.79 Å². The Morgan fingerprint density at radius 1 is 1.60 bits per heavy atom. The van der Waals surface area contributed by atoms with Crippen LogP contribution in [0.15, 0.2) is 21.5 Å². The number of anilines is 1. The molecule has 0 aliphatic rings. The molecule has 0 aromatic heterocycles. The van der Waals surface area contributed by atoms with Crippen LogP contribution in [0.5, 0.6) is 0 Å². The summed E-state index contributed by atoms with van der Waals surface area (Å²) in [5.74, 6) is -0.383. The van der Waals surface area contributed by atoms with Gasteiger partial charge in [-0.3, -0.25) is 0 Å². The van der Waals surface area contributed by atoms with Gasteiger partial charge >= 0.3 is 5.97 Å². The molecule has 0 atom stereocenters. The highest BCUT2D eigenvalue weighted by Crippen LogP contribution is 2.29. The Labute approximate surface area is 101 Å². The molecule has 2 N–H and O–H groups in total. The summed E-state index contributed by atoms with van der Waals surface area (Å²) in [6, 6.07) is 3.62. The van der Waals surface area contributed by atoms with Gasteiger partial charge in [0.15, 0.2) is 0 Å². The van der Waals surface area contributed by atoms with Crippen molar-refractivity contribution in [1.29, 1.82) is 0 Å². The van der Waals surface area contributed by atoms with Crippen molar-refractivity contribution in [3.05, 3.63) is 22.2 Å². The minimum absolute atomic E-state index is 0.347. The maximum absolute atomic E-state index is 11.6. The lowest BCUT2D eigenvalue weighted by Crippen LogP contribution is -2.08. The van der Waals surface area contributed by atoms with Crippen molar-refractivity contribution in [2.45, 2.75) is 11.8 Å². The maximum atomic E-state index is 11.6. The van der Waals surface area contributed by atoms with Crippen LogP contribution >= 0.6 is 27.7 Å². The van der Waals surface area contributed by atoms with E-state index in [1.165, 1.54) is 0 Å². The topological polar surface area (TPSA) is 52.3 Å². The number of rotatable bonds is 3. The summed E-state index contributed by atoms with van der Waals surface area (Å²) in [4.78, 5) is 12.5. The van der Waals surface area contributed by atoms with Crippen molar-refractivity contribution in [3.63, 3.8) is 0 Å². The monoisotopic (exact) mass is 289 g/mol. The van der Waals surface area contributed by atoms with Crippen LogP contribution in [-0.4, -0.2) is 18.8 Å². The second-order valence-electron chi connectivity index (χ2n) is 2.79. The fourth-order valence-electron chi connectivity index (χ4n) is 1.09. The normalized spacial score (nSPS) is 10.1. The molecular formula is C10H12BrNO2S. The van der Waals surface area contributed by atoms with E-state index in [0.29, 0.717) is 17.9 Å². The molecule has 0 amide bonds. The number of carbonyl (C=O) groups is 1. The van der Waals surface area contributed by atoms with Gasteiger partial charge < -0.3 is 10.5 Å². The van der Waals surface area contributed by atoms with Crippen LogP contribution in [0.2, 0.25) is 0 Å². The smallest absolute Gasteiger partial charge is 0.340 e. The van der Waals surface area contributed by atoms with Gasteiger partial charge in [-0.1, -0.05) is 0 Å². The van der Waals surface area contributed by atoms with Crippen molar-refractivity contribution in [1.82, 2.24) is 0 Å². The van der Waals surface area contributed by atoms with Gasteiger partial charge in [0, 0.05) is 9.37 Å². The van der Waals surface area contributed by atoms with Gasteiger partial charge in [-0.25, -0.2) is 4.79 Å². The maximum Gasteiger partial charge on any atom is 0.340 e. The van der Waals surface area contributed by atoms with Crippen LogP contribution in [0.3, 0.4) is 0 Å². The molecule has 82 valence electrons. The SMILES string of the molecule is CCOC(=O)c1cc(SC)cc(Br)c1N. The van der Waals surface area contributed by atoms with E-state index >= 15 is 0 Å². The van der Waals surface area contributed by atoms with Crippen LogP contribution in [0.1, 0.15) is 17.3 Å². The van der Waals surface area contributed by atoms with Crippen LogP contribution in [0.4, 0.5) is 5.69 Å². The van der Waals surface area contributed by atoms with Crippen LogP contribution in [-0.2, 0) is 4.74 Å². The van der Waals surface area contributed by atoms with Crippen LogP contribution < -0.4 is 5.73 Å². The van der Waals surface area contributed by atoms with Gasteiger partial charge in [-0.05, 0) is 41.2 Å². The Morgan fingerprint density at radius 2 is 2.27 bits per heavy atom. The molecule has 0 radical (unpaired) electrons. The quantitative estimate of drug-likeness (QED) is 0.528. The van der Waals surface area contributed by atoms with Crippen molar-refractivity contribution in [2.75, 3.05) is 18.6 Å². The first-order valence-corrected chi connectivity index (χ1v) is 6.42. The molecule has 15 heavy (non-hydrogen) atoms. The third-order valence-corrected chi connectivity index (χ3v) is 3.20. The van der Waals surface area contributed by atoms with Crippen molar-refractivity contribution in [3.8, 4) is 0 Å². The van der Waals surface area contributed by atoms with Gasteiger partial charge in [0.1, 0.15) is 0 Å². The molecule has 0 aliphatic heterocycles. The minimum atomic E-state index is -0.383. The molecule has 0 heterocycles. The number of halogens is 1. The summed E-state index contributed by atoms with van der Waals surface area (Å²) in [6.45, 7) is 2.11. The average molecular weight is 290 g/mol. The zero-order valence-electron chi connectivity index (χ0n) is 8.54. The average Bonchev–Trinajstić information content (AvgIpc) is 2.22. The summed E-state index contributed by atoms with van der Waals surface area (Å²) in [5, 5.41) is 0. The fourth-order valence-corrected chi connectivity index (χ4v) is 2.17. The molecule has 3 nitrogen and oxygen atoms in total. The Morgan fingerprint density at radius 3 is 2.80 bits per heavy atom. The molecule has 0 fully saturated rings. The first kappa shape index (κ1) is 12.4. The number of ether oxygens (including phenoxy) is 1. The molecule has 0 saturated heterocycles. The molecule has 0 spiro atoms. The Hall–Kier alpha value is -0.680. The largest absolute Gasteiger partial charge is 0.462 e. The lowest BCUT2D eigenvalue weighted by Gasteiger charge is -2.08. The number of esters is 1. The summed E-state index contributed by atoms with van der Waals surface area (Å²) < 4.78 is 5.63. The van der Waals surface area contributed by atoms with Crippen LogP contribution in [0.25, 0.3) is 0 Å². The van der Waals surface area contributed by atoms with Gasteiger partial charge in [-0.15, -0.1) is 11.8 Å². The van der Waals surface area contributed by atoms with E-state index in [2.05, 4.69) is 15.9 Å². The highest BCUT2D eigenvalue weighted by atomic mass is 79.9. The number of nitrogen functional groups attached to an aromatic ring is 1. The highest BCUT2D eigenvalue weighted by Gasteiger charge is 2.14. The first-order chi connectivity index (χ1) is 7.10. The molecule has 0 bridgehead atoms. The van der Waals surface area contributed by atoms with Crippen molar-refractivity contribution < 1.29 is 9.53 Å². The molecule has 1 aromatic carbocycles. The summed E-state index contributed by atoms with van der Waals surface area (Å²) in [5.41, 5.74) is 6.62. The number of hydrogen-bond acceptors (Lipinski definition) is 4. The summed E-state index contributed by atoms with van der Waals surface area (Å²) in [6.07, 6.45) is 1.94. The van der Waals surface area contributed by atoms with E-state index in [1.807, 2.05) is 12.3 Å². The number of hydrogen-bond donors (Lipinski definition) is 1. The van der Waals surface area contributed by atoms with Gasteiger partial charge in [0.25, 0.3) is 0 Å². The van der Waals surface area contributed by atoms with Crippen molar-refractivity contribution in [2.24, 2.45) is 0 Å². The standard InChI is InChI=1S/C10H12BrNO2S/c1-3-14-10(13)7-4-6(15-2)5-8(11)9(7)12/h4-5H,3,12H2,1-2H3. The zero-order valence-corrected chi connectivity index (χ0v) is 10.9. The van der Waals surface area contributed by atoms with E-state index in [1.54, 1.807) is 24.8 Å². The summed E-state index contributed by atoms with van der Waals surface area (Å²) >= 11 is 4.86. The Kier molecular flexibility index (Phi) is 4.47. The molecule has 0 saturated carbocycles.